The lowest BCUT2D eigenvalue weighted by atomic mass is 9.85. The predicted octanol–water partition coefficient (Wildman–Crippen LogP) is 6.15. The van der Waals surface area contributed by atoms with Crippen molar-refractivity contribution in [2.75, 3.05) is 11.2 Å². The van der Waals surface area contributed by atoms with E-state index in [-0.39, 0.29) is 17.1 Å². The molecular weight excluding hydrogens is 374 g/mol. The summed E-state index contributed by atoms with van der Waals surface area (Å²) in [5.41, 5.74) is 4.33. The molecule has 0 aromatic heterocycles. The van der Waals surface area contributed by atoms with E-state index < -0.39 is 0 Å². The molecule has 1 heterocycles. The van der Waals surface area contributed by atoms with Crippen molar-refractivity contribution in [1.82, 2.24) is 0 Å². The van der Waals surface area contributed by atoms with Crippen LogP contribution in [0.15, 0.2) is 109 Å². The van der Waals surface area contributed by atoms with Crippen LogP contribution < -0.4 is 4.90 Å². The summed E-state index contributed by atoms with van der Waals surface area (Å²) in [4.78, 5) is 15.2. The molecule has 1 aliphatic heterocycles. The summed E-state index contributed by atoms with van der Waals surface area (Å²) in [6.07, 6.45) is 8.30. The number of nitrogens with zero attached hydrogens (tertiary/aromatic N) is 1. The normalized spacial score (nSPS) is 19.4. The molecule has 144 valence electrons. The van der Waals surface area contributed by atoms with E-state index in [0.717, 1.165) is 22.4 Å². The highest BCUT2D eigenvalue weighted by Crippen LogP contribution is 2.40. The fourth-order valence-electron chi connectivity index (χ4n) is 3.71. The van der Waals surface area contributed by atoms with Crippen LogP contribution >= 0.6 is 11.8 Å². The van der Waals surface area contributed by atoms with Crippen LogP contribution in [-0.4, -0.2) is 17.4 Å². The summed E-state index contributed by atoms with van der Waals surface area (Å²) in [6, 6.07) is 30.4. The predicted molar refractivity (Wildman–Crippen MR) is 124 cm³/mol. The third-order valence-electron chi connectivity index (χ3n) is 5.14. The monoisotopic (exact) mass is 397 g/mol. The second kappa shape index (κ2) is 8.97. The summed E-state index contributed by atoms with van der Waals surface area (Å²) in [5.74, 6) is 0.132. The molecule has 0 radical (unpaired) electrons. The molecule has 0 spiro atoms. The summed E-state index contributed by atoms with van der Waals surface area (Å²) < 4.78 is 0. The van der Waals surface area contributed by atoms with Gasteiger partial charge in [0.15, 0.2) is 0 Å². The van der Waals surface area contributed by atoms with Gasteiger partial charge in [-0.2, -0.15) is 11.8 Å². The van der Waals surface area contributed by atoms with Crippen LogP contribution in [0.25, 0.3) is 6.08 Å². The first-order valence-corrected chi connectivity index (χ1v) is 11.0. The number of hydrogen-bond acceptors (Lipinski definition) is 2. The average molecular weight is 398 g/mol. The van der Waals surface area contributed by atoms with E-state index in [1.165, 1.54) is 0 Å². The summed E-state index contributed by atoms with van der Waals surface area (Å²) in [5, 5.41) is -0.182. The quantitative estimate of drug-likeness (QED) is 0.515. The van der Waals surface area contributed by atoms with Crippen molar-refractivity contribution < 1.29 is 4.79 Å². The first kappa shape index (κ1) is 19.3. The van der Waals surface area contributed by atoms with Gasteiger partial charge in [0.05, 0.1) is 5.25 Å². The first-order valence-electron chi connectivity index (χ1n) is 9.68. The van der Waals surface area contributed by atoms with Gasteiger partial charge in [-0.3, -0.25) is 9.69 Å². The number of allylic oxidation sites excluding steroid dienone is 2. The fourth-order valence-corrected chi connectivity index (χ4v) is 4.61. The molecule has 0 fully saturated rings. The van der Waals surface area contributed by atoms with Crippen LogP contribution in [0.5, 0.6) is 0 Å². The minimum Gasteiger partial charge on any atom is -0.287 e. The molecule has 0 saturated heterocycles. The van der Waals surface area contributed by atoms with Crippen molar-refractivity contribution in [3.05, 3.63) is 120 Å². The van der Waals surface area contributed by atoms with Crippen LogP contribution in [0.3, 0.4) is 0 Å². The van der Waals surface area contributed by atoms with E-state index in [1.54, 1.807) is 16.7 Å². The maximum Gasteiger partial charge on any atom is 0.245 e. The van der Waals surface area contributed by atoms with E-state index in [2.05, 4.69) is 36.4 Å². The van der Waals surface area contributed by atoms with Crippen molar-refractivity contribution in [2.45, 2.75) is 11.2 Å². The lowest BCUT2D eigenvalue weighted by molar-refractivity contribution is -0.118. The van der Waals surface area contributed by atoms with Crippen LogP contribution in [0.1, 0.15) is 17.0 Å². The molecule has 3 aromatic carbocycles. The highest BCUT2D eigenvalue weighted by atomic mass is 32.2. The van der Waals surface area contributed by atoms with E-state index in [1.807, 2.05) is 79.2 Å². The summed E-state index contributed by atoms with van der Waals surface area (Å²) >= 11 is 1.61. The molecule has 3 heteroatoms. The third kappa shape index (κ3) is 4.20. The van der Waals surface area contributed by atoms with Gasteiger partial charge < -0.3 is 0 Å². The number of carbonyl (C=O) groups excluding carboxylic acids is 1. The molecule has 2 nitrogen and oxygen atoms in total. The largest absolute Gasteiger partial charge is 0.287 e. The van der Waals surface area contributed by atoms with Gasteiger partial charge in [-0.05, 0) is 35.1 Å². The Hall–Kier alpha value is -3.04. The van der Waals surface area contributed by atoms with Gasteiger partial charge in [0.1, 0.15) is 0 Å². The van der Waals surface area contributed by atoms with Crippen LogP contribution in [0.4, 0.5) is 5.69 Å². The van der Waals surface area contributed by atoms with Crippen molar-refractivity contribution in [1.29, 1.82) is 0 Å². The van der Waals surface area contributed by atoms with Gasteiger partial charge >= 0.3 is 0 Å². The molecule has 0 saturated carbocycles. The standard InChI is InChI=1S/C26H23NOS/c1-29-25-24(21-13-7-3-8-14-21)22(18-17-20-11-5-2-6-12-20)19-27(26(25)28)23-15-9-4-10-16-23/h2-19,24-25H,1H3/b18-17+/t24-,25+/m0/s1. The topological polar surface area (TPSA) is 20.3 Å². The zero-order valence-corrected chi connectivity index (χ0v) is 17.1. The maximum atomic E-state index is 13.4. The number of benzene rings is 3. The summed E-state index contributed by atoms with van der Waals surface area (Å²) in [7, 11) is 0. The molecule has 2 atom stereocenters. The second-order valence-corrected chi connectivity index (χ2v) is 7.94. The number of thioether (sulfide) groups is 1. The van der Waals surface area contributed by atoms with Crippen LogP contribution in [-0.2, 0) is 4.79 Å². The van der Waals surface area contributed by atoms with Crippen molar-refractivity contribution in [3.63, 3.8) is 0 Å². The minimum atomic E-state index is -0.182. The molecule has 0 unspecified atom stereocenters. The number of amides is 1. The first-order chi connectivity index (χ1) is 14.3. The smallest absolute Gasteiger partial charge is 0.245 e. The fraction of sp³-hybridized carbons (Fsp3) is 0.115. The Labute approximate surface area is 176 Å². The van der Waals surface area contributed by atoms with E-state index in [4.69, 9.17) is 0 Å². The molecule has 0 bridgehead atoms. The van der Waals surface area contributed by atoms with Gasteiger partial charge in [-0.1, -0.05) is 91.0 Å². The Morgan fingerprint density at radius 2 is 1.38 bits per heavy atom. The average Bonchev–Trinajstić information content (AvgIpc) is 2.79. The molecular formula is C26H23NOS. The van der Waals surface area contributed by atoms with Crippen molar-refractivity contribution in [2.24, 2.45) is 0 Å². The lowest BCUT2D eigenvalue weighted by Crippen LogP contribution is -2.42. The van der Waals surface area contributed by atoms with Crippen LogP contribution in [0, 0.1) is 0 Å². The Balaban J connectivity index is 1.81. The van der Waals surface area contributed by atoms with Gasteiger partial charge in [-0.25, -0.2) is 0 Å². The summed E-state index contributed by atoms with van der Waals surface area (Å²) in [6.45, 7) is 0. The molecule has 0 N–H and O–H groups in total. The Bertz CT molecular complexity index is 1010. The molecule has 1 amide bonds. The molecule has 4 rings (SSSR count). The second-order valence-electron chi connectivity index (χ2n) is 6.96. The van der Waals surface area contributed by atoms with Crippen LogP contribution in [0.2, 0.25) is 0 Å². The Morgan fingerprint density at radius 3 is 2.00 bits per heavy atom. The number of hydrogen-bond donors (Lipinski definition) is 0. The van der Waals surface area contributed by atoms with E-state index >= 15 is 0 Å². The highest BCUT2D eigenvalue weighted by Gasteiger charge is 2.38. The van der Waals surface area contributed by atoms with E-state index in [9.17, 15) is 4.79 Å². The lowest BCUT2D eigenvalue weighted by Gasteiger charge is -2.36. The number of para-hydroxylation sites is 1. The van der Waals surface area contributed by atoms with Gasteiger partial charge in [0.2, 0.25) is 5.91 Å². The Kier molecular flexibility index (Phi) is 5.97. The SMILES string of the molecule is CS[C@H]1C(=O)N(c2ccccc2)C=C(/C=C/c2ccccc2)[C@@H]1c1ccccc1. The number of rotatable bonds is 5. The minimum absolute atomic E-state index is 0.0126. The molecule has 1 aliphatic rings. The maximum absolute atomic E-state index is 13.4. The molecule has 29 heavy (non-hydrogen) atoms. The zero-order valence-electron chi connectivity index (χ0n) is 16.3. The third-order valence-corrected chi connectivity index (χ3v) is 6.12. The number of carbonyl (C=O) groups is 1. The van der Waals surface area contributed by atoms with Crippen molar-refractivity contribution in [3.8, 4) is 0 Å². The Morgan fingerprint density at radius 1 is 0.793 bits per heavy atom. The van der Waals surface area contributed by atoms with Gasteiger partial charge in [0.25, 0.3) is 0 Å². The van der Waals surface area contributed by atoms with E-state index in [0.29, 0.717) is 0 Å². The zero-order chi connectivity index (χ0) is 20.1. The highest BCUT2D eigenvalue weighted by molar-refractivity contribution is 8.00. The van der Waals surface area contributed by atoms with Gasteiger partial charge in [-0.15, -0.1) is 0 Å². The van der Waals surface area contributed by atoms with Gasteiger partial charge in [0, 0.05) is 17.8 Å². The molecule has 0 aliphatic carbocycles. The number of anilines is 1. The van der Waals surface area contributed by atoms with Crippen molar-refractivity contribution >= 4 is 29.4 Å². The molecule has 3 aromatic rings.